The Balaban J connectivity index is 1.47. The van der Waals surface area contributed by atoms with Gasteiger partial charge in [-0.2, -0.15) is 0 Å². The van der Waals surface area contributed by atoms with Gasteiger partial charge in [-0.1, -0.05) is 0 Å². The van der Waals surface area contributed by atoms with Crippen molar-refractivity contribution in [3.8, 4) is 11.4 Å². The fourth-order valence-corrected chi connectivity index (χ4v) is 4.20. The quantitative estimate of drug-likeness (QED) is 0.538. The molecule has 0 unspecified atom stereocenters. The third kappa shape index (κ3) is 4.98. The highest BCUT2D eigenvalue weighted by Crippen LogP contribution is 2.32. The van der Waals surface area contributed by atoms with E-state index in [0.717, 1.165) is 39.4 Å². The van der Waals surface area contributed by atoms with Crippen molar-refractivity contribution in [2.75, 3.05) is 19.0 Å². The number of hydrogen-bond donors (Lipinski definition) is 1. The van der Waals surface area contributed by atoms with Crippen molar-refractivity contribution in [3.05, 3.63) is 82.8 Å². The first-order chi connectivity index (χ1) is 15.8. The molecule has 3 amide bonds. The third-order valence-electron chi connectivity index (χ3n) is 4.99. The van der Waals surface area contributed by atoms with Gasteiger partial charge in [0.2, 0.25) is 5.91 Å². The summed E-state index contributed by atoms with van der Waals surface area (Å²) < 4.78 is 20.2. The number of imide groups is 1. The molecular weight excluding hydrogens is 445 g/mol. The number of aromatic nitrogens is 1. The van der Waals surface area contributed by atoms with Crippen LogP contribution in [0.1, 0.15) is 11.3 Å². The number of nitrogens with one attached hydrogen (secondary N) is 1. The van der Waals surface area contributed by atoms with Crippen LogP contribution in [0.2, 0.25) is 0 Å². The van der Waals surface area contributed by atoms with E-state index in [4.69, 9.17) is 4.74 Å². The lowest BCUT2D eigenvalue weighted by atomic mass is 10.2. The number of aryl methyl sites for hydroxylation is 1. The maximum absolute atomic E-state index is 13.0. The Labute approximate surface area is 193 Å². The summed E-state index contributed by atoms with van der Waals surface area (Å²) in [6, 6.07) is 14.7. The molecule has 2 heterocycles. The highest BCUT2D eigenvalue weighted by molar-refractivity contribution is 8.18. The monoisotopic (exact) mass is 465 g/mol. The van der Waals surface area contributed by atoms with Crippen LogP contribution >= 0.6 is 11.8 Å². The molecule has 168 valence electrons. The largest absolute Gasteiger partial charge is 0.497 e. The van der Waals surface area contributed by atoms with E-state index in [1.165, 1.54) is 24.3 Å². The third-order valence-corrected chi connectivity index (χ3v) is 5.89. The van der Waals surface area contributed by atoms with Crippen LogP contribution in [0.5, 0.6) is 5.75 Å². The zero-order chi connectivity index (χ0) is 23.5. The van der Waals surface area contributed by atoms with E-state index in [0.29, 0.717) is 5.69 Å². The van der Waals surface area contributed by atoms with Crippen LogP contribution in [0.25, 0.3) is 11.8 Å². The summed E-state index contributed by atoms with van der Waals surface area (Å²) >= 11 is 0.786. The summed E-state index contributed by atoms with van der Waals surface area (Å²) in [6.07, 6.45) is 3.50. The predicted octanol–water partition coefficient (Wildman–Crippen LogP) is 4.61. The number of ether oxygens (including phenoxy) is 1. The highest BCUT2D eigenvalue weighted by Gasteiger charge is 2.36. The number of methoxy groups -OCH3 is 1. The second-order valence-electron chi connectivity index (χ2n) is 7.31. The molecule has 1 fully saturated rings. The average Bonchev–Trinajstić information content (AvgIpc) is 3.29. The summed E-state index contributed by atoms with van der Waals surface area (Å²) in [7, 11) is 1.60. The average molecular weight is 466 g/mol. The molecule has 4 rings (SSSR count). The maximum Gasteiger partial charge on any atom is 0.294 e. The number of hydrogen-bond acceptors (Lipinski definition) is 5. The molecule has 0 spiro atoms. The fourth-order valence-electron chi connectivity index (χ4n) is 3.36. The normalized spacial score (nSPS) is 14.8. The molecule has 2 aromatic carbocycles. The predicted molar refractivity (Wildman–Crippen MR) is 125 cm³/mol. The van der Waals surface area contributed by atoms with Crippen molar-refractivity contribution in [3.63, 3.8) is 0 Å². The Hall–Kier alpha value is -3.85. The summed E-state index contributed by atoms with van der Waals surface area (Å²) in [6.45, 7) is 1.51. The Morgan fingerprint density at radius 3 is 2.48 bits per heavy atom. The first-order valence-electron chi connectivity index (χ1n) is 9.98. The topological polar surface area (TPSA) is 80.6 Å². The van der Waals surface area contributed by atoms with Gasteiger partial charge >= 0.3 is 0 Å². The van der Waals surface area contributed by atoms with E-state index in [1.807, 2.05) is 48.0 Å². The zero-order valence-corrected chi connectivity index (χ0v) is 18.7. The number of nitrogens with zero attached hydrogens (tertiary/aromatic N) is 2. The number of benzene rings is 2. The van der Waals surface area contributed by atoms with Crippen LogP contribution in [0.15, 0.2) is 65.7 Å². The number of anilines is 1. The van der Waals surface area contributed by atoms with Crippen LogP contribution in [-0.2, 0) is 9.59 Å². The summed E-state index contributed by atoms with van der Waals surface area (Å²) in [5.41, 5.74) is 3.01. The second-order valence-corrected chi connectivity index (χ2v) is 8.30. The molecule has 3 aromatic rings. The van der Waals surface area contributed by atoms with Gasteiger partial charge in [0, 0.05) is 23.3 Å². The molecule has 0 radical (unpaired) electrons. The standard InChI is InChI=1S/C24H20FN3O4S/c1-15-11-16(13-27(15)19-7-9-20(32-2)10-8-19)12-21-23(30)28(24(31)33-21)14-22(29)26-18-5-3-17(25)4-6-18/h3-13H,14H2,1-2H3,(H,26,29)/b21-12+. The molecule has 1 aliphatic heterocycles. The van der Waals surface area contributed by atoms with Crippen molar-refractivity contribution in [1.29, 1.82) is 0 Å². The lowest BCUT2D eigenvalue weighted by Gasteiger charge is -2.12. The van der Waals surface area contributed by atoms with Gasteiger partial charge < -0.3 is 14.6 Å². The van der Waals surface area contributed by atoms with E-state index in [9.17, 15) is 18.8 Å². The van der Waals surface area contributed by atoms with Gasteiger partial charge in [-0.15, -0.1) is 0 Å². The van der Waals surface area contributed by atoms with Crippen molar-refractivity contribution in [2.45, 2.75) is 6.92 Å². The Morgan fingerprint density at radius 2 is 1.82 bits per heavy atom. The minimum atomic E-state index is -0.549. The molecule has 1 saturated heterocycles. The van der Waals surface area contributed by atoms with Crippen LogP contribution in [0.4, 0.5) is 14.9 Å². The molecule has 9 heteroatoms. The lowest BCUT2D eigenvalue weighted by molar-refractivity contribution is -0.127. The SMILES string of the molecule is COc1ccc(-n2cc(/C=C3/SC(=O)N(CC(=O)Nc4ccc(F)cc4)C3=O)cc2C)cc1. The molecule has 0 bridgehead atoms. The number of carbonyl (C=O) groups excluding carboxylic acids is 3. The maximum atomic E-state index is 13.0. The van der Waals surface area contributed by atoms with Gasteiger partial charge in [-0.05, 0) is 84.9 Å². The van der Waals surface area contributed by atoms with Crippen LogP contribution in [-0.4, -0.2) is 40.2 Å². The molecule has 0 atom stereocenters. The summed E-state index contributed by atoms with van der Waals surface area (Å²) in [5, 5.41) is 2.02. The molecule has 0 saturated carbocycles. The second kappa shape index (κ2) is 9.33. The van der Waals surface area contributed by atoms with Crippen LogP contribution < -0.4 is 10.1 Å². The van der Waals surface area contributed by atoms with E-state index < -0.39 is 29.4 Å². The molecule has 0 aliphatic carbocycles. The Morgan fingerprint density at radius 1 is 1.12 bits per heavy atom. The molecule has 1 aromatic heterocycles. The first-order valence-corrected chi connectivity index (χ1v) is 10.8. The van der Waals surface area contributed by atoms with Gasteiger partial charge in [0.15, 0.2) is 0 Å². The van der Waals surface area contributed by atoms with Gasteiger partial charge in [-0.25, -0.2) is 4.39 Å². The minimum Gasteiger partial charge on any atom is -0.497 e. The molecule has 33 heavy (non-hydrogen) atoms. The molecule has 7 nitrogen and oxygen atoms in total. The van der Waals surface area contributed by atoms with Gasteiger partial charge in [0.25, 0.3) is 11.1 Å². The number of halogens is 1. The van der Waals surface area contributed by atoms with Crippen molar-refractivity contribution >= 4 is 40.6 Å². The number of rotatable bonds is 6. The van der Waals surface area contributed by atoms with Gasteiger partial charge in [0.05, 0.1) is 12.0 Å². The van der Waals surface area contributed by atoms with E-state index in [2.05, 4.69) is 5.32 Å². The van der Waals surface area contributed by atoms with E-state index in [1.54, 1.807) is 13.2 Å². The Bertz CT molecular complexity index is 1250. The van der Waals surface area contributed by atoms with Crippen LogP contribution in [0, 0.1) is 12.7 Å². The smallest absolute Gasteiger partial charge is 0.294 e. The molecule has 1 aliphatic rings. The number of amides is 3. The van der Waals surface area contributed by atoms with Crippen molar-refractivity contribution in [2.24, 2.45) is 0 Å². The lowest BCUT2D eigenvalue weighted by Crippen LogP contribution is -2.36. The highest BCUT2D eigenvalue weighted by atomic mass is 32.2. The summed E-state index contributed by atoms with van der Waals surface area (Å²) in [5.74, 6) is -0.762. The first kappa shape index (κ1) is 22.3. The molecule has 1 N–H and O–H groups in total. The van der Waals surface area contributed by atoms with E-state index >= 15 is 0 Å². The number of carbonyl (C=O) groups is 3. The van der Waals surface area contributed by atoms with Crippen molar-refractivity contribution in [1.82, 2.24) is 9.47 Å². The molecular formula is C24H20FN3O4S. The van der Waals surface area contributed by atoms with E-state index in [-0.39, 0.29) is 4.91 Å². The minimum absolute atomic E-state index is 0.237. The fraction of sp³-hybridized carbons (Fsp3) is 0.125. The zero-order valence-electron chi connectivity index (χ0n) is 17.9. The van der Waals surface area contributed by atoms with Crippen LogP contribution in [0.3, 0.4) is 0 Å². The number of thioether (sulfide) groups is 1. The summed E-state index contributed by atoms with van der Waals surface area (Å²) in [4.78, 5) is 38.5. The Kier molecular flexibility index (Phi) is 6.32. The van der Waals surface area contributed by atoms with Crippen molar-refractivity contribution < 1.29 is 23.5 Å². The van der Waals surface area contributed by atoms with Gasteiger partial charge in [0.1, 0.15) is 18.1 Å². The van der Waals surface area contributed by atoms with Gasteiger partial charge in [-0.3, -0.25) is 19.3 Å².